The molecule has 2 aromatic rings. The molecule has 1 aromatic heterocycles. The van der Waals surface area contributed by atoms with Crippen LogP contribution in [0.1, 0.15) is 18.9 Å². The Morgan fingerprint density at radius 2 is 2.05 bits per heavy atom. The topological polar surface area (TPSA) is 114 Å². The normalized spacial score (nSPS) is 11.0. The lowest BCUT2D eigenvalue weighted by Crippen LogP contribution is -2.13. The Labute approximate surface area is 123 Å². The van der Waals surface area contributed by atoms with Gasteiger partial charge in [-0.05, 0) is 30.7 Å². The molecule has 0 spiro atoms. The van der Waals surface area contributed by atoms with Gasteiger partial charge in [-0.15, -0.1) is 0 Å². The van der Waals surface area contributed by atoms with Crippen molar-refractivity contribution in [1.82, 2.24) is 9.78 Å². The van der Waals surface area contributed by atoms with E-state index in [1.807, 2.05) is 13.0 Å². The highest BCUT2D eigenvalue weighted by Crippen LogP contribution is 2.20. The summed E-state index contributed by atoms with van der Waals surface area (Å²) in [7, 11) is -3.80. The summed E-state index contributed by atoms with van der Waals surface area (Å²) in [5, 5.41) is 12.7. The van der Waals surface area contributed by atoms with Crippen LogP contribution in [0.3, 0.4) is 0 Å². The number of nitrogen functional groups attached to an aromatic ring is 1. The second-order valence-electron chi connectivity index (χ2n) is 4.44. The second-order valence-corrected chi connectivity index (χ2v) is 6.09. The summed E-state index contributed by atoms with van der Waals surface area (Å²) in [6.45, 7) is 2.55. The van der Waals surface area contributed by atoms with Crippen LogP contribution >= 0.6 is 0 Å². The predicted molar refractivity (Wildman–Crippen MR) is 78.9 cm³/mol. The zero-order valence-electron chi connectivity index (χ0n) is 11.4. The molecule has 1 heterocycles. The van der Waals surface area contributed by atoms with Crippen LogP contribution in [-0.4, -0.2) is 18.2 Å². The number of hydrogen-bond donors (Lipinski definition) is 2. The van der Waals surface area contributed by atoms with Crippen molar-refractivity contribution in [1.29, 1.82) is 5.26 Å². The smallest absolute Gasteiger partial charge is 0.267 e. The van der Waals surface area contributed by atoms with Crippen LogP contribution in [0.4, 0.5) is 11.5 Å². The lowest BCUT2D eigenvalue weighted by Gasteiger charge is -2.06. The Bertz CT molecular complexity index is 772. The molecule has 8 heteroatoms. The molecule has 1 aromatic carbocycles. The summed E-state index contributed by atoms with van der Waals surface area (Å²) in [5.74, 6) is -0.0374. The van der Waals surface area contributed by atoms with E-state index < -0.39 is 10.0 Å². The lowest BCUT2D eigenvalue weighted by molar-refractivity contribution is 0.595. The third kappa shape index (κ3) is 3.32. The predicted octanol–water partition coefficient (Wildman–Crippen LogP) is 1.55. The summed E-state index contributed by atoms with van der Waals surface area (Å²) in [6, 6.07) is 8.06. The second kappa shape index (κ2) is 5.85. The summed E-state index contributed by atoms with van der Waals surface area (Å²) in [6.07, 6.45) is 2.23. The molecule has 0 aliphatic rings. The maximum atomic E-state index is 12.3. The highest BCUT2D eigenvalue weighted by Gasteiger charge is 2.21. The number of hydrogen-bond acceptors (Lipinski definition) is 5. The fourth-order valence-corrected chi connectivity index (χ4v) is 2.92. The van der Waals surface area contributed by atoms with E-state index >= 15 is 0 Å². The Balaban J connectivity index is 2.27. The van der Waals surface area contributed by atoms with E-state index in [2.05, 4.69) is 9.82 Å². The number of nitriles is 1. The molecule has 3 N–H and O–H groups in total. The Morgan fingerprint density at radius 3 is 2.62 bits per heavy atom. The van der Waals surface area contributed by atoms with Crippen LogP contribution in [0.15, 0.2) is 35.4 Å². The summed E-state index contributed by atoms with van der Waals surface area (Å²) in [4.78, 5) is -0.0553. The maximum Gasteiger partial charge on any atom is 0.267 e. The van der Waals surface area contributed by atoms with E-state index in [1.165, 1.54) is 35.1 Å². The van der Waals surface area contributed by atoms with Crippen LogP contribution in [0.5, 0.6) is 0 Å². The first-order valence-corrected chi connectivity index (χ1v) is 7.80. The van der Waals surface area contributed by atoms with Crippen LogP contribution in [0, 0.1) is 11.3 Å². The minimum absolute atomic E-state index is 0.0374. The van der Waals surface area contributed by atoms with Gasteiger partial charge in [-0.2, -0.15) is 10.4 Å². The average molecular weight is 305 g/mol. The highest BCUT2D eigenvalue weighted by atomic mass is 32.2. The SMILES string of the molecule is CCCn1cc(S(=O)(=O)Nc2ccc(C#N)cc2)c(N)n1. The largest absolute Gasteiger partial charge is 0.381 e. The lowest BCUT2D eigenvalue weighted by atomic mass is 10.2. The van der Waals surface area contributed by atoms with Crippen molar-refractivity contribution in [3.05, 3.63) is 36.0 Å². The molecule has 0 aliphatic carbocycles. The molecule has 0 saturated heterocycles. The molecule has 7 nitrogen and oxygen atoms in total. The fraction of sp³-hybridized carbons (Fsp3) is 0.231. The van der Waals surface area contributed by atoms with Gasteiger partial charge in [0.2, 0.25) is 0 Å². The quantitative estimate of drug-likeness (QED) is 0.869. The van der Waals surface area contributed by atoms with Gasteiger partial charge in [-0.3, -0.25) is 9.40 Å². The van der Waals surface area contributed by atoms with Crippen LogP contribution in [-0.2, 0) is 16.6 Å². The summed E-state index contributed by atoms with van der Waals surface area (Å²) in [5.41, 5.74) is 6.47. The monoisotopic (exact) mass is 305 g/mol. The van der Waals surface area contributed by atoms with Crippen molar-refractivity contribution in [3.63, 3.8) is 0 Å². The van der Waals surface area contributed by atoms with Gasteiger partial charge >= 0.3 is 0 Å². The van der Waals surface area contributed by atoms with Crippen molar-refractivity contribution < 1.29 is 8.42 Å². The van der Waals surface area contributed by atoms with Crippen molar-refractivity contribution >= 4 is 21.5 Å². The summed E-state index contributed by atoms with van der Waals surface area (Å²) >= 11 is 0. The molecular formula is C13H15N5O2S. The minimum atomic E-state index is -3.80. The number of anilines is 2. The van der Waals surface area contributed by atoms with Gasteiger partial charge in [-0.1, -0.05) is 6.92 Å². The van der Waals surface area contributed by atoms with E-state index in [0.717, 1.165) is 6.42 Å². The van der Waals surface area contributed by atoms with Gasteiger partial charge in [0, 0.05) is 18.4 Å². The van der Waals surface area contributed by atoms with Crippen LogP contribution in [0.2, 0.25) is 0 Å². The van der Waals surface area contributed by atoms with Crippen LogP contribution < -0.4 is 10.5 Å². The highest BCUT2D eigenvalue weighted by molar-refractivity contribution is 7.92. The molecule has 21 heavy (non-hydrogen) atoms. The molecule has 0 bridgehead atoms. The van der Waals surface area contributed by atoms with Crippen molar-refractivity contribution in [2.24, 2.45) is 0 Å². The van der Waals surface area contributed by atoms with Crippen molar-refractivity contribution in [2.75, 3.05) is 10.5 Å². The standard InChI is InChI=1S/C13H15N5O2S/c1-2-7-18-9-12(13(15)16-18)21(19,20)17-11-5-3-10(8-14)4-6-11/h3-6,9,17H,2,7H2,1H3,(H2,15,16). The first-order chi connectivity index (χ1) is 9.96. The van der Waals surface area contributed by atoms with Crippen molar-refractivity contribution in [2.45, 2.75) is 24.8 Å². The van der Waals surface area contributed by atoms with E-state index in [9.17, 15) is 8.42 Å². The van der Waals surface area contributed by atoms with E-state index in [1.54, 1.807) is 0 Å². The van der Waals surface area contributed by atoms with Gasteiger partial charge in [0.1, 0.15) is 4.90 Å². The fourth-order valence-electron chi connectivity index (χ4n) is 1.79. The molecule has 0 radical (unpaired) electrons. The Morgan fingerprint density at radius 1 is 1.38 bits per heavy atom. The number of benzene rings is 1. The molecule has 0 amide bonds. The average Bonchev–Trinajstić information content (AvgIpc) is 2.81. The molecule has 0 aliphatic heterocycles. The van der Waals surface area contributed by atoms with E-state index in [-0.39, 0.29) is 10.7 Å². The molecule has 0 fully saturated rings. The number of aryl methyl sites for hydroxylation is 1. The zero-order chi connectivity index (χ0) is 15.5. The summed E-state index contributed by atoms with van der Waals surface area (Å²) < 4.78 is 28.5. The molecule has 0 atom stereocenters. The number of nitrogens with one attached hydrogen (secondary N) is 1. The van der Waals surface area contributed by atoms with Gasteiger partial charge in [0.15, 0.2) is 5.82 Å². The molecule has 2 rings (SSSR count). The van der Waals surface area contributed by atoms with Gasteiger partial charge in [0.05, 0.1) is 11.6 Å². The third-order valence-electron chi connectivity index (χ3n) is 2.76. The molecule has 0 saturated carbocycles. The molecule has 0 unspecified atom stereocenters. The first kappa shape index (κ1) is 14.9. The zero-order valence-corrected chi connectivity index (χ0v) is 12.3. The van der Waals surface area contributed by atoms with Gasteiger partial charge in [-0.25, -0.2) is 8.42 Å². The van der Waals surface area contributed by atoms with Gasteiger partial charge in [0.25, 0.3) is 10.0 Å². The number of sulfonamides is 1. The van der Waals surface area contributed by atoms with Crippen molar-refractivity contribution in [3.8, 4) is 6.07 Å². The van der Waals surface area contributed by atoms with Crippen LogP contribution in [0.25, 0.3) is 0 Å². The molecular weight excluding hydrogens is 290 g/mol. The Hall–Kier alpha value is -2.53. The first-order valence-electron chi connectivity index (χ1n) is 6.32. The van der Waals surface area contributed by atoms with E-state index in [4.69, 9.17) is 11.0 Å². The number of rotatable bonds is 5. The number of nitrogens with two attached hydrogens (primary N) is 1. The Kier molecular flexibility index (Phi) is 4.14. The number of aromatic nitrogens is 2. The number of nitrogens with zero attached hydrogens (tertiary/aromatic N) is 3. The maximum absolute atomic E-state index is 12.3. The molecule has 110 valence electrons. The van der Waals surface area contributed by atoms with E-state index in [0.29, 0.717) is 17.8 Å². The minimum Gasteiger partial charge on any atom is -0.381 e. The van der Waals surface area contributed by atoms with Gasteiger partial charge < -0.3 is 5.73 Å². The third-order valence-corrected chi connectivity index (χ3v) is 4.16.